The van der Waals surface area contributed by atoms with Crippen molar-refractivity contribution in [1.29, 1.82) is 0 Å². The van der Waals surface area contributed by atoms with E-state index in [0.29, 0.717) is 17.6 Å². The third-order valence-corrected chi connectivity index (χ3v) is 5.14. The molecule has 0 aromatic carbocycles. The van der Waals surface area contributed by atoms with E-state index in [1.54, 1.807) is 0 Å². The molecule has 3 heterocycles. The molecule has 0 spiro atoms. The number of ether oxygens (including phenoxy) is 1. The van der Waals surface area contributed by atoms with Crippen LogP contribution >= 0.6 is 0 Å². The molecule has 0 radical (unpaired) electrons. The lowest BCUT2D eigenvalue weighted by atomic mass is 9.78. The van der Waals surface area contributed by atoms with Gasteiger partial charge in [0.05, 0.1) is 18.5 Å². The van der Waals surface area contributed by atoms with Crippen LogP contribution in [0.25, 0.3) is 11.2 Å². The molecule has 0 amide bonds. The number of aliphatic hydroxyl groups excluding tert-OH is 3. The van der Waals surface area contributed by atoms with Crippen LogP contribution in [0.5, 0.6) is 0 Å². The lowest BCUT2D eigenvalue weighted by Crippen LogP contribution is -2.35. The number of fused-ring (bicyclic) bond motifs is 1. The smallest absolute Gasteiger partial charge is 0.208 e. The summed E-state index contributed by atoms with van der Waals surface area (Å²) < 4.78 is 6.95. The van der Waals surface area contributed by atoms with E-state index < -0.39 is 36.7 Å². The summed E-state index contributed by atoms with van der Waals surface area (Å²) in [5.41, 5.74) is 5.83. The first-order valence-electron chi connectivity index (χ1n) is 8.76. The number of aromatic nitrogens is 4. The number of hydrogen-bond donors (Lipinski definition) is 5. The minimum atomic E-state index is -1.27. The fraction of sp³-hybridized carbons (Fsp3) is 0.588. The maximum absolute atomic E-state index is 10.2. The van der Waals surface area contributed by atoms with Crippen LogP contribution in [0.4, 0.5) is 5.82 Å². The van der Waals surface area contributed by atoms with Gasteiger partial charge in [-0.05, 0) is 25.2 Å². The Morgan fingerprint density at radius 1 is 1.30 bits per heavy atom. The van der Waals surface area contributed by atoms with Gasteiger partial charge in [0.15, 0.2) is 17.7 Å². The number of nitrogen functional groups attached to an aromatic ring is 1. The van der Waals surface area contributed by atoms with Gasteiger partial charge in [-0.15, -0.1) is 0 Å². The second-order valence-electron chi connectivity index (χ2n) is 7.04. The van der Waals surface area contributed by atoms with Gasteiger partial charge in [-0.25, -0.2) is 15.0 Å². The quantitative estimate of drug-likeness (QED) is 0.410. The van der Waals surface area contributed by atoms with Gasteiger partial charge in [0, 0.05) is 6.42 Å². The van der Waals surface area contributed by atoms with Gasteiger partial charge in [0.1, 0.15) is 23.8 Å². The predicted octanol–water partition coefficient (Wildman–Crippen LogP) is -1.32. The summed E-state index contributed by atoms with van der Waals surface area (Å²) in [5, 5.41) is 39.5. The number of rotatable bonds is 3. The molecule has 6 N–H and O–H groups in total. The molecule has 0 unspecified atom stereocenters. The number of aliphatic hydroxyl groups is 4. The normalized spacial score (nSPS) is 29.3. The van der Waals surface area contributed by atoms with Crippen molar-refractivity contribution in [3.05, 3.63) is 12.2 Å². The zero-order chi connectivity index (χ0) is 19.2. The van der Waals surface area contributed by atoms with Crippen molar-refractivity contribution in [3.8, 4) is 11.8 Å². The predicted molar refractivity (Wildman–Crippen MR) is 93.0 cm³/mol. The zero-order valence-corrected chi connectivity index (χ0v) is 14.5. The van der Waals surface area contributed by atoms with Gasteiger partial charge in [-0.2, -0.15) is 0 Å². The molecule has 2 aromatic heterocycles. The highest BCUT2D eigenvalue weighted by molar-refractivity contribution is 5.82. The Morgan fingerprint density at radius 3 is 2.70 bits per heavy atom. The summed E-state index contributed by atoms with van der Waals surface area (Å²) in [6.45, 7) is -0.432. The van der Waals surface area contributed by atoms with E-state index in [-0.39, 0.29) is 11.6 Å². The summed E-state index contributed by atoms with van der Waals surface area (Å²) in [6, 6.07) is 0. The van der Waals surface area contributed by atoms with Crippen molar-refractivity contribution in [2.75, 3.05) is 12.3 Å². The lowest BCUT2D eigenvalue weighted by Gasteiger charge is -2.34. The molecule has 1 saturated heterocycles. The molecule has 0 bridgehead atoms. The third kappa shape index (κ3) is 3.13. The minimum Gasteiger partial charge on any atom is -0.394 e. The van der Waals surface area contributed by atoms with E-state index in [9.17, 15) is 20.4 Å². The molecule has 4 atom stereocenters. The zero-order valence-electron chi connectivity index (χ0n) is 14.5. The van der Waals surface area contributed by atoms with Gasteiger partial charge in [-0.3, -0.25) is 4.57 Å². The van der Waals surface area contributed by atoms with Gasteiger partial charge in [0.2, 0.25) is 5.82 Å². The first-order valence-corrected chi connectivity index (χ1v) is 8.76. The third-order valence-electron chi connectivity index (χ3n) is 5.14. The average Bonchev–Trinajstić information content (AvgIpc) is 3.16. The number of imidazole rings is 1. The Hall–Kier alpha value is -2.29. The topological polar surface area (TPSA) is 160 Å². The van der Waals surface area contributed by atoms with Crippen LogP contribution in [0.1, 0.15) is 37.7 Å². The summed E-state index contributed by atoms with van der Waals surface area (Å²) >= 11 is 0. The van der Waals surface area contributed by atoms with Crippen LogP contribution in [0.3, 0.4) is 0 Å². The largest absolute Gasteiger partial charge is 0.394 e. The molecule has 1 saturated carbocycles. The molecular formula is C17H21N5O5. The first kappa shape index (κ1) is 18.1. The summed E-state index contributed by atoms with van der Waals surface area (Å²) in [5.74, 6) is 5.97. The van der Waals surface area contributed by atoms with Gasteiger partial charge < -0.3 is 30.9 Å². The van der Waals surface area contributed by atoms with Crippen LogP contribution in [0, 0.1) is 11.8 Å². The molecule has 27 heavy (non-hydrogen) atoms. The van der Waals surface area contributed by atoms with Gasteiger partial charge >= 0.3 is 0 Å². The molecule has 144 valence electrons. The number of nitrogens with two attached hydrogens (primary N) is 1. The monoisotopic (exact) mass is 375 g/mol. The molecule has 2 aliphatic rings. The van der Waals surface area contributed by atoms with E-state index in [0.717, 1.165) is 19.3 Å². The van der Waals surface area contributed by atoms with E-state index in [2.05, 4.69) is 26.8 Å². The van der Waals surface area contributed by atoms with Crippen LogP contribution in [0.2, 0.25) is 0 Å². The minimum absolute atomic E-state index is 0.122. The molecular weight excluding hydrogens is 354 g/mol. The first-order chi connectivity index (χ1) is 12.9. The van der Waals surface area contributed by atoms with Crippen molar-refractivity contribution in [3.63, 3.8) is 0 Å². The van der Waals surface area contributed by atoms with E-state index in [1.807, 2.05) is 0 Å². The second kappa shape index (κ2) is 6.70. The second-order valence-corrected chi connectivity index (χ2v) is 7.04. The van der Waals surface area contributed by atoms with Crippen molar-refractivity contribution in [2.24, 2.45) is 0 Å². The highest BCUT2D eigenvalue weighted by atomic mass is 16.6. The molecule has 10 nitrogen and oxygen atoms in total. The summed E-state index contributed by atoms with van der Waals surface area (Å²) in [4.78, 5) is 12.6. The van der Waals surface area contributed by atoms with E-state index >= 15 is 0 Å². The number of anilines is 1. The van der Waals surface area contributed by atoms with Crippen molar-refractivity contribution < 1.29 is 25.2 Å². The van der Waals surface area contributed by atoms with Crippen LogP contribution in [0.15, 0.2) is 6.33 Å². The highest BCUT2D eigenvalue weighted by Gasteiger charge is 2.44. The Morgan fingerprint density at radius 2 is 2.07 bits per heavy atom. The van der Waals surface area contributed by atoms with Crippen molar-refractivity contribution in [1.82, 2.24) is 19.5 Å². The number of nitrogens with zero attached hydrogens (tertiary/aromatic N) is 4. The lowest BCUT2D eigenvalue weighted by molar-refractivity contribution is -0.0511. The Balaban J connectivity index is 1.65. The molecule has 2 aromatic rings. The van der Waals surface area contributed by atoms with Gasteiger partial charge in [0.25, 0.3) is 0 Å². The molecule has 1 aliphatic carbocycles. The summed E-state index contributed by atoms with van der Waals surface area (Å²) in [7, 11) is 0. The fourth-order valence-electron chi connectivity index (χ4n) is 3.34. The molecule has 1 aliphatic heterocycles. The van der Waals surface area contributed by atoms with Crippen molar-refractivity contribution >= 4 is 17.0 Å². The van der Waals surface area contributed by atoms with E-state index in [1.165, 1.54) is 10.9 Å². The molecule has 10 heteroatoms. The maximum Gasteiger partial charge on any atom is 0.208 e. The average molecular weight is 375 g/mol. The SMILES string of the molecule is Nc1nc(C#CCC2(O)CCC2)nc2c1ncn2[C@@H]1O[C@H](CO)[C@@H](O)[C@H]1O. The molecule has 4 rings (SSSR count). The highest BCUT2D eigenvalue weighted by Crippen LogP contribution is 2.34. The van der Waals surface area contributed by atoms with Crippen LogP contribution in [-0.4, -0.2) is 70.5 Å². The Bertz CT molecular complexity index is 916. The number of hydrogen-bond acceptors (Lipinski definition) is 9. The van der Waals surface area contributed by atoms with Crippen LogP contribution < -0.4 is 5.73 Å². The summed E-state index contributed by atoms with van der Waals surface area (Å²) in [6.07, 6.45) is -0.206. The fourth-order valence-corrected chi connectivity index (χ4v) is 3.34. The molecule has 2 fully saturated rings. The maximum atomic E-state index is 10.2. The Labute approximate surface area is 154 Å². The van der Waals surface area contributed by atoms with E-state index in [4.69, 9.17) is 10.5 Å². The van der Waals surface area contributed by atoms with Crippen molar-refractivity contribution in [2.45, 2.75) is 55.8 Å². The standard InChI is InChI=1S/C17H21N5O5/c18-14-11-15(21-10(20-14)3-1-4-17(26)5-2-6-17)22(8-19-11)16-13(25)12(24)9(7-23)27-16/h8-9,12-13,16,23-26H,2,4-7H2,(H2,18,20,21)/t9-,12-,13-,16-/m1/s1. The van der Waals surface area contributed by atoms with Gasteiger partial charge in [-0.1, -0.05) is 5.92 Å². The Kier molecular flexibility index (Phi) is 4.49. The van der Waals surface area contributed by atoms with Crippen LogP contribution in [-0.2, 0) is 4.74 Å².